The molecule has 1 N–H and O–H groups in total. The van der Waals surface area contributed by atoms with Gasteiger partial charge in [-0.3, -0.25) is 0 Å². The van der Waals surface area contributed by atoms with Crippen molar-refractivity contribution in [3.05, 3.63) is 71.3 Å². The summed E-state index contributed by atoms with van der Waals surface area (Å²) in [5, 5.41) is 21.7. The molecule has 0 aliphatic carbocycles. The predicted octanol–water partition coefficient (Wildman–Crippen LogP) is 4.74. The molecule has 0 unspecified atom stereocenters. The van der Waals surface area contributed by atoms with E-state index in [4.69, 9.17) is 5.11 Å². The third kappa shape index (κ3) is 3.45. The molecule has 126 valence electrons. The van der Waals surface area contributed by atoms with Gasteiger partial charge in [0.2, 0.25) is 0 Å². The molecule has 3 aromatic rings. The minimum absolute atomic E-state index is 0.190. The number of aromatic nitrogens is 2. The quantitative estimate of drug-likeness (QED) is 0.698. The van der Waals surface area contributed by atoms with Crippen LogP contribution in [-0.4, -0.2) is 20.9 Å². The van der Waals surface area contributed by atoms with Crippen LogP contribution in [0.1, 0.15) is 21.7 Å². The van der Waals surface area contributed by atoms with Gasteiger partial charge in [0.25, 0.3) is 0 Å². The molecule has 1 aromatic heterocycles. The number of nitrogens with zero attached hydrogens (tertiary/aromatic N) is 4. The second kappa shape index (κ2) is 6.64. The summed E-state index contributed by atoms with van der Waals surface area (Å²) in [5.74, 6) is -1.30. The molecule has 0 amide bonds. The van der Waals surface area contributed by atoms with Crippen molar-refractivity contribution in [2.24, 2.45) is 10.2 Å². The second-order valence-electron chi connectivity index (χ2n) is 5.46. The molecule has 0 fully saturated rings. The van der Waals surface area contributed by atoms with E-state index in [1.54, 1.807) is 28.9 Å². The molecule has 6 nitrogen and oxygen atoms in total. The highest BCUT2D eigenvalue weighted by molar-refractivity contribution is 5.87. The van der Waals surface area contributed by atoms with Crippen LogP contribution in [0.5, 0.6) is 0 Å². The Morgan fingerprint density at radius 2 is 1.68 bits per heavy atom. The van der Waals surface area contributed by atoms with Crippen molar-refractivity contribution in [3.63, 3.8) is 0 Å². The van der Waals surface area contributed by atoms with Crippen molar-refractivity contribution >= 4 is 17.3 Å². The summed E-state index contributed by atoms with van der Waals surface area (Å²) in [6, 6.07) is 12.1. The molecule has 0 saturated heterocycles. The Hall–Kier alpha value is -3.35. The number of aromatic carboxylic acids is 1. The Bertz CT molecular complexity index is 944. The van der Waals surface area contributed by atoms with Crippen molar-refractivity contribution in [1.29, 1.82) is 0 Å². The highest BCUT2D eigenvalue weighted by Gasteiger charge is 2.12. The fraction of sp³-hybridized carbons (Fsp3) is 0.111. The van der Waals surface area contributed by atoms with Crippen molar-refractivity contribution in [1.82, 2.24) is 9.78 Å². The smallest absolute Gasteiger partial charge is 0.335 e. The van der Waals surface area contributed by atoms with Crippen LogP contribution in [-0.2, 0) is 0 Å². The molecule has 0 spiro atoms. The van der Waals surface area contributed by atoms with Crippen LogP contribution in [0.15, 0.2) is 58.8 Å². The van der Waals surface area contributed by atoms with Crippen LogP contribution >= 0.6 is 0 Å². The summed E-state index contributed by atoms with van der Waals surface area (Å²) < 4.78 is 14.8. The third-order valence-electron chi connectivity index (χ3n) is 3.70. The van der Waals surface area contributed by atoms with E-state index in [1.807, 2.05) is 13.8 Å². The fourth-order valence-corrected chi connectivity index (χ4v) is 2.39. The molecule has 0 bridgehead atoms. The van der Waals surface area contributed by atoms with Crippen molar-refractivity contribution in [2.75, 3.05) is 0 Å². The van der Waals surface area contributed by atoms with Gasteiger partial charge in [-0.15, -0.1) is 5.11 Å². The van der Waals surface area contributed by atoms with Gasteiger partial charge in [0.15, 0.2) is 0 Å². The minimum Gasteiger partial charge on any atom is -0.478 e. The Kier molecular flexibility index (Phi) is 4.38. The number of aryl methyl sites for hydroxylation is 1. The normalized spacial score (nSPS) is 11.2. The molecular formula is C18H15FN4O2. The topological polar surface area (TPSA) is 79.8 Å². The summed E-state index contributed by atoms with van der Waals surface area (Å²) in [6.45, 7) is 3.67. The number of carboxylic acids is 1. The Morgan fingerprint density at radius 1 is 1.04 bits per heavy atom. The third-order valence-corrected chi connectivity index (χ3v) is 3.70. The van der Waals surface area contributed by atoms with Crippen LogP contribution in [0, 0.1) is 19.7 Å². The molecule has 2 aromatic carbocycles. The van der Waals surface area contributed by atoms with Crippen LogP contribution in [0.4, 0.5) is 15.8 Å². The maximum Gasteiger partial charge on any atom is 0.335 e. The molecule has 3 rings (SSSR count). The number of benzene rings is 2. The molecule has 1 heterocycles. The van der Waals surface area contributed by atoms with E-state index in [0.29, 0.717) is 17.1 Å². The molecule has 0 aliphatic heterocycles. The summed E-state index contributed by atoms with van der Waals surface area (Å²) in [7, 11) is 0. The number of carboxylic acid groups (broad SMARTS) is 1. The maximum absolute atomic E-state index is 13.1. The average molecular weight is 338 g/mol. The molecule has 0 atom stereocenters. The number of hydrogen-bond donors (Lipinski definition) is 1. The van der Waals surface area contributed by atoms with Crippen molar-refractivity contribution in [2.45, 2.75) is 13.8 Å². The van der Waals surface area contributed by atoms with Crippen LogP contribution in [0.2, 0.25) is 0 Å². The largest absolute Gasteiger partial charge is 0.478 e. The summed E-state index contributed by atoms with van der Waals surface area (Å²) in [6.07, 6.45) is 0. The Morgan fingerprint density at radius 3 is 2.28 bits per heavy atom. The Labute approximate surface area is 143 Å². The van der Waals surface area contributed by atoms with E-state index < -0.39 is 5.97 Å². The van der Waals surface area contributed by atoms with Crippen LogP contribution in [0.3, 0.4) is 0 Å². The first-order valence-electron chi connectivity index (χ1n) is 7.53. The molecule has 0 aliphatic rings. The first-order chi connectivity index (χ1) is 12.0. The molecule has 7 heteroatoms. The van der Waals surface area contributed by atoms with Crippen molar-refractivity contribution in [3.8, 4) is 5.69 Å². The lowest BCUT2D eigenvalue weighted by molar-refractivity contribution is 0.0697. The number of azo groups is 1. The fourth-order valence-electron chi connectivity index (χ4n) is 2.39. The van der Waals surface area contributed by atoms with Gasteiger partial charge in [-0.05, 0) is 62.4 Å². The maximum atomic E-state index is 13.1. The summed E-state index contributed by atoms with van der Waals surface area (Å²) in [4.78, 5) is 10.9. The molecule has 25 heavy (non-hydrogen) atoms. The monoisotopic (exact) mass is 338 g/mol. The number of halogens is 1. The summed E-state index contributed by atoms with van der Waals surface area (Å²) >= 11 is 0. The highest BCUT2D eigenvalue weighted by Crippen LogP contribution is 2.27. The van der Waals surface area contributed by atoms with Gasteiger partial charge in [-0.2, -0.15) is 10.2 Å². The highest BCUT2D eigenvalue weighted by atomic mass is 19.1. The van der Waals surface area contributed by atoms with E-state index >= 15 is 0 Å². The first-order valence-corrected chi connectivity index (χ1v) is 7.53. The minimum atomic E-state index is -0.990. The number of hydrogen-bond acceptors (Lipinski definition) is 4. The standard InChI is InChI=1S/C18H15FN4O2/c1-11-17(21-20-15-7-3-13(4-8-15)18(24)25)12(2)23(22-11)16-9-5-14(19)6-10-16/h3-10H,1-2H3,(H,24,25). The van der Waals surface area contributed by atoms with Gasteiger partial charge in [0.1, 0.15) is 11.5 Å². The van der Waals surface area contributed by atoms with Gasteiger partial charge >= 0.3 is 5.97 Å². The predicted molar refractivity (Wildman–Crippen MR) is 90.6 cm³/mol. The molecule has 0 saturated carbocycles. The summed E-state index contributed by atoms with van der Waals surface area (Å²) in [5.41, 5.74) is 3.54. The average Bonchev–Trinajstić information content (AvgIpc) is 2.88. The van der Waals surface area contributed by atoms with E-state index in [0.717, 1.165) is 11.4 Å². The lowest BCUT2D eigenvalue weighted by Crippen LogP contribution is -1.98. The van der Waals surface area contributed by atoms with E-state index in [-0.39, 0.29) is 11.4 Å². The van der Waals surface area contributed by atoms with E-state index in [1.165, 1.54) is 24.3 Å². The van der Waals surface area contributed by atoms with Crippen LogP contribution in [0.25, 0.3) is 5.69 Å². The lowest BCUT2D eigenvalue weighted by Gasteiger charge is -2.03. The van der Waals surface area contributed by atoms with E-state index in [2.05, 4.69) is 15.3 Å². The van der Waals surface area contributed by atoms with E-state index in [9.17, 15) is 9.18 Å². The first kappa shape index (κ1) is 16.5. The Balaban J connectivity index is 1.90. The zero-order chi connectivity index (χ0) is 18.0. The van der Waals surface area contributed by atoms with Gasteiger partial charge < -0.3 is 5.11 Å². The number of carbonyl (C=O) groups is 1. The van der Waals surface area contributed by atoms with Gasteiger partial charge in [0.05, 0.1) is 28.3 Å². The van der Waals surface area contributed by atoms with Gasteiger partial charge in [0, 0.05) is 0 Å². The lowest BCUT2D eigenvalue weighted by atomic mass is 10.2. The zero-order valence-corrected chi connectivity index (χ0v) is 13.6. The van der Waals surface area contributed by atoms with Crippen molar-refractivity contribution < 1.29 is 14.3 Å². The van der Waals surface area contributed by atoms with Gasteiger partial charge in [-0.25, -0.2) is 13.9 Å². The van der Waals surface area contributed by atoms with Crippen LogP contribution < -0.4 is 0 Å². The number of rotatable bonds is 4. The molecular weight excluding hydrogens is 323 g/mol. The zero-order valence-electron chi connectivity index (χ0n) is 13.6. The van der Waals surface area contributed by atoms with Gasteiger partial charge in [-0.1, -0.05) is 0 Å². The molecule has 0 radical (unpaired) electrons. The SMILES string of the molecule is Cc1nn(-c2ccc(F)cc2)c(C)c1N=Nc1ccc(C(=O)O)cc1. The second-order valence-corrected chi connectivity index (χ2v) is 5.46.